The van der Waals surface area contributed by atoms with Gasteiger partial charge in [-0.1, -0.05) is 43.6 Å². The molecule has 2 saturated heterocycles. The van der Waals surface area contributed by atoms with Gasteiger partial charge in [-0.25, -0.2) is 0 Å². The van der Waals surface area contributed by atoms with Gasteiger partial charge in [0.1, 0.15) is 0 Å². The summed E-state index contributed by atoms with van der Waals surface area (Å²) in [6, 6.07) is 8.88. The number of hydrogen-bond donors (Lipinski definition) is 1. The number of aliphatic imine (C=N–C) groups is 1. The first-order valence-electron chi connectivity index (χ1n) is 10.7. The number of ether oxygens (including phenoxy) is 1. The fraction of sp³-hybridized carbons (Fsp3) is 0.682. The zero-order valence-corrected chi connectivity index (χ0v) is 18.3. The number of nitrogens with zero attached hydrogens (tertiary/aromatic N) is 3. The van der Waals surface area contributed by atoms with Gasteiger partial charge in [0.05, 0.1) is 0 Å². The van der Waals surface area contributed by atoms with E-state index in [1.165, 1.54) is 12.0 Å². The van der Waals surface area contributed by atoms with Crippen LogP contribution < -0.4 is 5.32 Å². The van der Waals surface area contributed by atoms with E-state index in [4.69, 9.17) is 16.3 Å². The van der Waals surface area contributed by atoms with Crippen LogP contribution in [0, 0.1) is 0 Å². The second-order valence-electron chi connectivity index (χ2n) is 7.88. The lowest BCUT2D eigenvalue weighted by Crippen LogP contribution is -2.49. The molecule has 156 valence electrons. The van der Waals surface area contributed by atoms with E-state index in [0.29, 0.717) is 6.04 Å². The number of likely N-dealkylation sites (tertiary alicyclic amines) is 1. The first-order valence-corrected chi connectivity index (χ1v) is 11.0. The summed E-state index contributed by atoms with van der Waals surface area (Å²) < 4.78 is 5.67. The number of hydrogen-bond acceptors (Lipinski definition) is 3. The Hall–Kier alpha value is -1.30. The highest BCUT2D eigenvalue weighted by molar-refractivity contribution is 6.31. The highest BCUT2D eigenvalue weighted by Crippen LogP contribution is 2.38. The van der Waals surface area contributed by atoms with Gasteiger partial charge in [-0.2, -0.15) is 0 Å². The molecule has 5 nitrogen and oxygen atoms in total. The maximum atomic E-state index is 6.59. The fourth-order valence-electron chi connectivity index (χ4n) is 4.75. The van der Waals surface area contributed by atoms with Crippen molar-refractivity contribution in [3.8, 4) is 0 Å². The molecule has 1 aromatic rings. The topological polar surface area (TPSA) is 40.1 Å². The molecule has 0 amide bonds. The zero-order chi connectivity index (χ0) is 20.0. The Morgan fingerprint density at radius 2 is 2.00 bits per heavy atom. The first kappa shape index (κ1) is 21.4. The van der Waals surface area contributed by atoms with Crippen LogP contribution >= 0.6 is 11.6 Å². The Bertz CT molecular complexity index is 656. The summed E-state index contributed by atoms with van der Waals surface area (Å²) in [5, 5.41) is 4.54. The molecule has 1 aromatic carbocycles. The van der Waals surface area contributed by atoms with Gasteiger partial charge < -0.3 is 15.0 Å². The van der Waals surface area contributed by atoms with E-state index < -0.39 is 0 Å². The van der Waals surface area contributed by atoms with Crippen LogP contribution in [0.3, 0.4) is 0 Å². The molecule has 0 aliphatic carbocycles. The van der Waals surface area contributed by atoms with Crippen molar-refractivity contribution < 1.29 is 4.74 Å². The van der Waals surface area contributed by atoms with Gasteiger partial charge in [0.15, 0.2) is 5.96 Å². The van der Waals surface area contributed by atoms with E-state index >= 15 is 0 Å². The molecule has 3 rings (SSSR count). The van der Waals surface area contributed by atoms with E-state index in [2.05, 4.69) is 46.1 Å². The number of benzene rings is 1. The van der Waals surface area contributed by atoms with Gasteiger partial charge in [-0.05, 0) is 44.0 Å². The van der Waals surface area contributed by atoms with Crippen LogP contribution in [0.25, 0.3) is 0 Å². The summed E-state index contributed by atoms with van der Waals surface area (Å²) in [7, 11) is 1.89. The molecule has 1 atom stereocenters. The summed E-state index contributed by atoms with van der Waals surface area (Å²) in [5.74, 6) is 1.01. The van der Waals surface area contributed by atoms with Crippen molar-refractivity contribution >= 4 is 17.6 Å². The number of likely N-dealkylation sites (N-methyl/N-ethyl adjacent to an activating group) is 1. The van der Waals surface area contributed by atoms with E-state index in [0.717, 1.165) is 69.8 Å². The Labute approximate surface area is 175 Å². The molecule has 0 spiro atoms. The van der Waals surface area contributed by atoms with E-state index in [9.17, 15) is 0 Å². The van der Waals surface area contributed by atoms with Crippen LogP contribution in [0.4, 0.5) is 0 Å². The van der Waals surface area contributed by atoms with Gasteiger partial charge in [0.25, 0.3) is 0 Å². The van der Waals surface area contributed by atoms with Gasteiger partial charge in [0.2, 0.25) is 0 Å². The predicted octanol–water partition coefficient (Wildman–Crippen LogP) is 3.38. The minimum absolute atomic E-state index is 0.00939. The number of rotatable bonds is 6. The number of nitrogens with one attached hydrogen (secondary N) is 1. The van der Waals surface area contributed by atoms with Crippen molar-refractivity contribution in [2.45, 2.75) is 44.6 Å². The van der Waals surface area contributed by atoms with Crippen molar-refractivity contribution in [3.05, 3.63) is 34.9 Å². The second-order valence-corrected chi connectivity index (χ2v) is 8.29. The van der Waals surface area contributed by atoms with Crippen LogP contribution in [-0.4, -0.2) is 74.8 Å². The minimum Gasteiger partial charge on any atom is -0.381 e. The van der Waals surface area contributed by atoms with Crippen LogP contribution in [0.15, 0.2) is 29.3 Å². The molecule has 1 N–H and O–H groups in total. The third-order valence-corrected chi connectivity index (χ3v) is 6.81. The lowest BCUT2D eigenvalue weighted by Gasteiger charge is -2.39. The SMILES string of the molecule is CCN(CC)C1CCN(C(=NC)NCC2(c3ccccc3Cl)CCOCC2)C1. The molecule has 2 aliphatic heterocycles. The lowest BCUT2D eigenvalue weighted by atomic mass is 9.74. The second kappa shape index (κ2) is 9.95. The van der Waals surface area contributed by atoms with Crippen molar-refractivity contribution in [2.75, 3.05) is 53.0 Å². The number of guanidine groups is 1. The molecule has 28 heavy (non-hydrogen) atoms. The Balaban J connectivity index is 1.70. The average Bonchev–Trinajstić information content (AvgIpc) is 3.20. The van der Waals surface area contributed by atoms with Crippen LogP contribution in [-0.2, 0) is 10.2 Å². The Morgan fingerprint density at radius 1 is 1.29 bits per heavy atom. The Kier molecular flexibility index (Phi) is 7.61. The summed E-state index contributed by atoms with van der Waals surface area (Å²) in [5.41, 5.74) is 1.22. The maximum absolute atomic E-state index is 6.59. The highest BCUT2D eigenvalue weighted by Gasteiger charge is 2.37. The van der Waals surface area contributed by atoms with E-state index in [1.54, 1.807) is 0 Å². The predicted molar refractivity (Wildman–Crippen MR) is 117 cm³/mol. The molecular formula is C22H35ClN4O. The van der Waals surface area contributed by atoms with Gasteiger partial charge >= 0.3 is 0 Å². The molecule has 0 bridgehead atoms. The first-order chi connectivity index (χ1) is 13.6. The quantitative estimate of drug-likeness (QED) is 0.580. The molecule has 0 saturated carbocycles. The molecule has 0 radical (unpaired) electrons. The minimum atomic E-state index is -0.00939. The molecule has 2 fully saturated rings. The smallest absolute Gasteiger partial charge is 0.193 e. The average molecular weight is 407 g/mol. The van der Waals surface area contributed by atoms with Crippen LogP contribution in [0.5, 0.6) is 0 Å². The summed E-state index contributed by atoms with van der Waals surface area (Å²) >= 11 is 6.59. The van der Waals surface area contributed by atoms with E-state index in [-0.39, 0.29) is 5.41 Å². The zero-order valence-electron chi connectivity index (χ0n) is 17.6. The fourth-order valence-corrected chi connectivity index (χ4v) is 5.08. The summed E-state index contributed by atoms with van der Waals surface area (Å²) in [4.78, 5) is 9.55. The van der Waals surface area contributed by atoms with Crippen molar-refractivity contribution in [3.63, 3.8) is 0 Å². The molecule has 2 heterocycles. The van der Waals surface area contributed by atoms with Gasteiger partial charge in [0, 0.05) is 56.4 Å². The highest BCUT2D eigenvalue weighted by atomic mass is 35.5. The third-order valence-electron chi connectivity index (χ3n) is 6.48. The maximum Gasteiger partial charge on any atom is 0.193 e. The number of halogens is 1. The van der Waals surface area contributed by atoms with E-state index in [1.807, 2.05) is 19.2 Å². The lowest BCUT2D eigenvalue weighted by molar-refractivity contribution is 0.0512. The van der Waals surface area contributed by atoms with Gasteiger partial charge in [-0.15, -0.1) is 0 Å². The largest absolute Gasteiger partial charge is 0.381 e. The monoisotopic (exact) mass is 406 g/mol. The summed E-state index contributed by atoms with van der Waals surface area (Å²) in [6.45, 7) is 11.2. The van der Waals surface area contributed by atoms with Crippen molar-refractivity contribution in [2.24, 2.45) is 4.99 Å². The Morgan fingerprint density at radius 3 is 2.64 bits per heavy atom. The molecule has 2 aliphatic rings. The third kappa shape index (κ3) is 4.64. The normalized spacial score (nSPS) is 22.7. The van der Waals surface area contributed by atoms with Crippen molar-refractivity contribution in [1.29, 1.82) is 0 Å². The summed E-state index contributed by atoms with van der Waals surface area (Å²) in [6.07, 6.45) is 3.15. The molecular weight excluding hydrogens is 372 g/mol. The molecule has 1 unspecified atom stereocenters. The molecule has 0 aromatic heterocycles. The van der Waals surface area contributed by atoms with Crippen LogP contribution in [0.2, 0.25) is 5.02 Å². The van der Waals surface area contributed by atoms with Gasteiger partial charge in [-0.3, -0.25) is 9.89 Å². The molecule has 6 heteroatoms. The van der Waals surface area contributed by atoms with Crippen molar-refractivity contribution in [1.82, 2.24) is 15.1 Å². The van der Waals surface area contributed by atoms with Crippen LogP contribution in [0.1, 0.15) is 38.7 Å². The standard InChI is InChI=1S/C22H35ClN4O/c1-4-26(5-2)18-10-13-27(16-18)21(24-3)25-17-22(11-14-28-15-12-22)19-8-6-7-9-20(19)23/h6-9,18H,4-5,10-17H2,1-3H3,(H,24,25).